The first-order chi connectivity index (χ1) is 8.12. The zero-order chi connectivity index (χ0) is 12.8. The highest BCUT2D eigenvalue weighted by Gasteiger charge is 2.06. The summed E-state index contributed by atoms with van der Waals surface area (Å²) in [5, 5.41) is 0.882. The summed E-state index contributed by atoms with van der Waals surface area (Å²) in [4.78, 5) is 10.8. The number of aryl methyl sites for hydroxylation is 1. The first-order valence-corrected chi connectivity index (χ1v) is 6.61. The predicted octanol–water partition coefficient (Wildman–Crippen LogP) is 2.70. The molecule has 0 bridgehead atoms. The SMILES string of the molecule is C#Cc1cc(/N=C/N(C)CC)c(C)nc1SC. The fourth-order valence-electron chi connectivity index (χ4n) is 1.20. The van der Waals surface area contributed by atoms with Gasteiger partial charge >= 0.3 is 0 Å². The van der Waals surface area contributed by atoms with Gasteiger partial charge in [-0.25, -0.2) is 9.98 Å². The highest BCUT2D eigenvalue weighted by Crippen LogP contribution is 2.25. The van der Waals surface area contributed by atoms with E-state index < -0.39 is 0 Å². The van der Waals surface area contributed by atoms with Gasteiger partial charge in [0.1, 0.15) is 5.03 Å². The molecule has 0 aliphatic carbocycles. The zero-order valence-electron chi connectivity index (χ0n) is 10.7. The number of pyridine rings is 1. The third-order valence-corrected chi connectivity index (χ3v) is 3.09. The lowest BCUT2D eigenvalue weighted by molar-refractivity contribution is 0.552. The number of hydrogen-bond acceptors (Lipinski definition) is 3. The lowest BCUT2D eigenvalue weighted by Crippen LogP contribution is -2.14. The van der Waals surface area contributed by atoms with E-state index in [0.29, 0.717) is 0 Å². The smallest absolute Gasteiger partial charge is 0.112 e. The number of aromatic nitrogens is 1. The van der Waals surface area contributed by atoms with Gasteiger partial charge < -0.3 is 4.90 Å². The molecule has 0 radical (unpaired) electrons. The Balaban J connectivity index is 3.10. The van der Waals surface area contributed by atoms with Crippen LogP contribution in [0.5, 0.6) is 0 Å². The van der Waals surface area contributed by atoms with Crippen molar-refractivity contribution in [2.45, 2.75) is 18.9 Å². The Morgan fingerprint density at radius 2 is 2.35 bits per heavy atom. The van der Waals surface area contributed by atoms with Gasteiger partial charge in [-0.3, -0.25) is 0 Å². The van der Waals surface area contributed by atoms with Crippen LogP contribution >= 0.6 is 11.8 Å². The molecule has 1 rings (SSSR count). The number of nitrogens with zero attached hydrogens (tertiary/aromatic N) is 3. The normalized spacial score (nSPS) is 10.5. The molecular formula is C13H17N3S. The molecule has 90 valence electrons. The molecule has 0 amide bonds. The second-order valence-electron chi connectivity index (χ2n) is 3.61. The first kappa shape index (κ1) is 13.6. The van der Waals surface area contributed by atoms with Crippen LogP contribution in [0, 0.1) is 19.3 Å². The van der Waals surface area contributed by atoms with E-state index in [1.807, 2.05) is 31.2 Å². The van der Waals surface area contributed by atoms with Gasteiger partial charge in [-0.1, -0.05) is 5.92 Å². The van der Waals surface area contributed by atoms with Gasteiger partial charge in [-0.2, -0.15) is 0 Å². The molecule has 0 saturated carbocycles. The van der Waals surface area contributed by atoms with Gasteiger partial charge in [-0.05, 0) is 26.2 Å². The van der Waals surface area contributed by atoms with Gasteiger partial charge in [0.05, 0.1) is 23.3 Å². The molecule has 0 spiro atoms. The minimum atomic E-state index is 0.800. The van der Waals surface area contributed by atoms with Crippen LogP contribution in [0.2, 0.25) is 0 Å². The van der Waals surface area contributed by atoms with Crippen LogP contribution in [-0.4, -0.2) is 36.1 Å². The number of thioether (sulfide) groups is 1. The van der Waals surface area contributed by atoms with Crippen molar-refractivity contribution in [1.82, 2.24) is 9.88 Å². The second-order valence-corrected chi connectivity index (χ2v) is 4.41. The van der Waals surface area contributed by atoms with Crippen molar-refractivity contribution in [3.8, 4) is 12.3 Å². The van der Waals surface area contributed by atoms with Gasteiger partial charge in [0.15, 0.2) is 0 Å². The first-order valence-electron chi connectivity index (χ1n) is 5.39. The van der Waals surface area contributed by atoms with E-state index >= 15 is 0 Å². The zero-order valence-corrected chi connectivity index (χ0v) is 11.5. The van der Waals surface area contributed by atoms with Crippen molar-refractivity contribution < 1.29 is 0 Å². The van der Waals surface area contributed by atoms with E-state index in [4.69, 9.17) is 6.42 Å². The summed E-state index contributed by atoms with van der Waals surface area (Å²) in [6, 6.07) is 1.91. The van der Waals surface area contributed by atoms with Crippen LogP contribution in [0.25, 0.3) is 0 Å². The van der Waals surface area contributed by atoms with Crippen LogP contribution in [-0.2, 0) is 0 Å². The topological polar surface area (TPSA) is 28.5 Å². The Morgan fingerprint density at radius 3 is 2.88 bits per heavy atom. The quantitative estimate of drug-likeness (QED) is 0.354. The largest absolute Gasteiger partial charge is 0.366 e. The molecule has 0 aliphatic rings. The minimum Gasteiger partial charge on any atom is -0.366 e. The number of hydrogen-bond donors (Lipinski definition) is 0. The van der Waals surface area contributed by atoms with Crippen molar-refractivity contribution in [2.75, 3.05) is 19.8 Å². The molecule has 0 aromatic carbocycles. The van der Waals surface area contributed by atoms with E-state index in [1.54, 1.807) is 18.1 Å². The molecule has 4 heteroatoms. The summed E-state index contributed by atoms with van der Waals surface area (Å²) < 4.78 is 0. The number of rotatable bonds is 4. The van der Waals surface area contributed by atoms with E-state index in [9.17, 15) is 0 Å². The molecule has 0 unspecified atom stereocenters. The summed E-state index contributed by atoms with van der Waals surface area (Å²) >= 11 is 1.56. The summed E-state index contributed by atoms with van der Waals surface area (Å²) in [5.74, 6) is 2.64. The number of aliphatic imine (C=N–C) groups is 1. The fourth-order valence-corrected chi connectivity index (χ4v) is 1.77. The van der Waals surface area contributed by atoms with Gasteiger partial charge in [0.25, 0.3) is 0 Å². The van der Waals surface area contributed by atoms with Crippen molar-refractivity contribution in [2.24, 2.45) is 4.99 Å². The molecule has 0 fully saturated rings. The highest BCUT2D eigenvalue weighted by atomic mass is 32.2. The summed E-state index contributed by atoms with van der Waals surface area (Å²) in [7, 11) is 1.98. The van der Waals surface area contributed by atoms with Crippen LogP contribution in [0.4, 0.5) is 5.69 Å². The molecule has 1 aromatic rings. The molecule has 3 nitrogen and oxygen atoms in total. The Bertz CT molecular complexity index is 460. The molecule has 0 atom stereocenters. The van der Waals surface area contributed by atoms with E-state index in [1.165, 1.54) is 0 Å². The van der Waals surface area contributed by atoms with Gasteiger partial charge in [0.2, 0.25) is 0 Å². The lowest BCUT2D eigenvalue weighted by Gasteiger charge is -2.09. The Labute approximate surface area is 107 Å². The van der Waals surface area contributed by atoms with E-state index in [0.717, 1.165) is 28.5 Å². The Hall–Kier alpha value is -1.47. The average molecular weight is 247 g/mol. The third kappa shape index (κ3) is 3.50. The third-order valence-electron chi connectivity index (χ3n) is 2.39. The predicted molar refractivity (Wildman–Crippen MR) is 75.1 cm³/mol. The Morgan fingerprint density at radius 1 is 1.65 bits per heavy atom. The standard InChI is InChI=1S/C13H17N3S/c1-6-11-8-12(14-9-16(4)7-2)10(3)15-13(11)17-5/h1,8-9H,7H2,2-5H3/b14-9+. The molecule has 17 heavy (non-hydrogen) atoms. The van der Waals surface area contributed by atoms with Crippen molar-refractivity contribution in [3.63, 3.8) is 0 Å². The molecule has 0 saturated heterocycles. The average Bonchev–Trinajstić information content (AvgIpc) is 2.36. The highest BCUT2D eigenvalue weighted by molar-refractivity contribution is 7.98. The second kappa shape index (κ2) is 6.31. The van der Waals surface area contributed by atoms with Crippen LogP contribution in [0.1, 0.15) is 18.2 Å². The van der Waals surface area contributed by atoms with Crippen molar-refractivity contribution >= 4 is 23.8 Å². The van der Waals surface area contributed by atoms with Crippen LogP contribution < -0.4 is 0 Å². The molecule has 1 aromatic heterocycles. The Kier molecular flexibility index (Phi) is 5.05. The summed E-state index contributed by atoms with van der Waals surface area (Å²) in [6.07, 6.45) is 9.23. The monoisotopic (exact) mass is 247 g/mol. The van der Waals surface area contributed by atoms with Crippen molar-refractivity contribution in [3.05, 3.63) is 17.3 Å². The summed E-state index contributed by atoms with van der Waals surface area (Å²) in [5.41, 5.74) is 2.53. The lowest BCUT2D eigenvalue weighted by atomic mass is 10.2. The van der Waals surface area contributed by atoms with E-state index in [-0.39, 0.29) is 0 Å². The molecule has 0 N–H and O–H groups in total. The molecular weight excluding hydrogens is 230 g/mol. The maximum atomic E-state index is 5.46. The maximum Gasteiger partial charge on any atom is 0.112 e. The summed E-state index contributed by atoms with van der Waals surface area (Å²) in [6.45, 7) is 4.93. The van der Waals surface area contributed by atoms with Crippen LogP contribution in [0.15, 0.2) is 16.1 Å². The van der Waals surface area contributed by atoms with Gasteiger partial charge in [-0.15, -0.1) is 18.2 Å². The molecule has 1 heterocycles. The fraction of sp³-hybridized carbons (Fsp3) is 0.385. The van der Waals surface area contributed by atoms with Crippen LogP contribution in [0.3, 0.4) is 0 Å². The molecule has 0 aliphatic heterocycles. The van der Waals surface area contributed by atoms with E-state index in [2.05, 4.69) is 22.8 Å². The minimum absolute atomic E-state index is 0.800. The number of terminal acetylenes is 1. The van der Waals surface area contributed by atoms with Gasteiger partial charge in [0, 0.05) is 13.6 Å². The maximum absolute atomic E-state index is 5.46. The van der Waals surface area contributed by atoms with Crippen molar-refractivity contribution in [1.29, 1.82) is 0 Å².